The predicted molar refractivity (Wildman–Crippen MR) is 92.0 cm³/mol. The van der Waals surface area contributed by atoms with Gasteiger partial charge in [0.25, 0.3) is 0 Å². The zero-order chi connectivity index (χ0) is 15.8. The summed E-state index contributed by atoms with van der Waals surface area (Å²) in [7, 11) is 4.05. The van der Waals surface area contributed by atoms with Gasteiger partial charge in [-0.05, 0) is 29.8 Å². The highest BCUT2D eigenvalue weighted by Gasteiger charge is 1.98. The zero-order valence-corrected chi connectivity index (χ0v) is 13.2. The van der Waals surface area contributed by atoms with Crippen molar-refractivity contribution in [2.75, 3.05) is 25.5 Å². The second-order valence-corrected chi connectivity index (χ2v) is 5.26. The summed E-state index contributed by atoms with van der Waals surface area (Å²) < 4.78 is 0. The van der Waals surface area contributed by atoms with E-state index in [0.717, 1.165) is 29.9 Å². The van der Waals surface area contributed by atoms with Gasteiger partial charge in [-0.15, -0.1) is 0 Å². The van der Waals surface area contributed by atoms with Gasteiger partial charge < -0.3 is 16.0 Å². The van der Waals surface area contributed by atoms with Crippen LogP contribution in [0.1, 0.15) is 11.3 Å². The number of aromatic nitrogens is 1. The fourth-order valence-electron chi connectivity index (χ4n) is 2.03. The minimum atomic E-state index is 0.464. The van der Waals surface area contributed by atoms with E-state index < -0.39 is 0 Å². The summed E-state index contributed by atoms with van der Waals surface area (Å²) >= 11 is 0. The van der Waals surface area contributed by atoms with E-state index >= 15 is 0 Å². The molecule has 0 bridgehead atoms. The van der Waals surface area contributed by atoms with Crippen molar-refractivity contribution in [3.63, 3.8) is 0 Å². The second kappa shape index (κ2) is 8.02. The Morgan fingerprint density at radius 1 is 1.23 bits per heavy atom. The largest absolute Gasteiger partial charge is 0.378 e. The molecule has 0 saturated heterocycles. The predicted octanol–water partition coefficient (Wildman–Crippen LogP) is 1.79. The maximum absolute atomic E-state index is 5.89. The summed E-state index contributed by atoms with van der Waals surface area (Å²) in [5, 5.41) is 3.12. The molecule has 2 aromatic rings. The summed E-state index contributed by atoms with van der Waals surface area (Å²) in [6, 6.07) is 14.2. The normalized spacial score (nSPS) is 11.3. The number of nitrogens with two attached hydrogens (primary N) is 1. The van der Waals surface area contributed by atoms with Crippen molar-refractivity contribution in [2.45, 2.75) is 13.0 Å². The van der Waals surface area contributed by atoms with E-state index in [4.69, 9.17) is 5.73 Å². The molecule has 5 heteroatoms. The lowest BCUT2D eigenvalue weighted by atomic mass is 10.2. The van der Waals surface area contributed by atoms with Crippen LogP contribution in [0.5, 0.6) is 0 Å². The van der Waals surface area contributed by atoms with Crippen LogP contribution in [0.2, 0.25) is 0 Å². The van der Waals surface area contributed by atoms with Gasteiger partial charge in [-0.2, -0.15) is 0 Å². The van der Waals surface area contributed by atoms with Gasteiger partial charge in [-0.1, -0.05) is 18.2 Å². The standard InChI is InChI=1S/C17H23N5/c1-22(2)16-8-5-6-14(12-16)13-21-17(18)20-11-9-15-7-3-4-10-19-15/h3-8,10,12H,9,11,13H2,1-2H3,(H3,18,20,21). The van der Waals surface area contributed by atoms with Gasteiger partial charge in [0.15, 0.2) is 5.96 Å². The van der Waals surface area contributed by atoms with Gasteiger partial charge in [-0.25, -0.2) is 4.99 Å². The smallest absolute Gasteiger partial charge is 0.188 e. The average Bonchev–Trinajstić information content (AvgIpc) is 2.54. The third kappa shape index (κ3) is 5.09. The molecule has 0 radical (unpaired) electrons. The second-order valence-electron chi connectivity index (χ2n) is 5.26. The lowest BCUT2D eigenvalue weighted by Crippen LogP contribution is -2.33. The fourth-order valence-corrected chi connectivity index (χ4v) is 2.03. The molecule has 0 atom stereocenters. The number of nitrogens with zero attached hydrogens (tertiary/aromatic N) is 3. The van der Waals surface area contributed by atoms with Crippen molar-refractivity contribution in [3.8, 4) is 0 Å². The van der Waals surface area contributed by atoms with E-state index in [1.54, 1.807) is 6.20 Å². The molecule has 0 spiro atoms. The first-order chi connectivity index (χ1) is 10.6. The molecule has 0 unspecified atom stereocenters. The third-order valence-electron chi connectivity index (χ3n) is 3.27. The van der Waals surface area contributed by atoms with Gasteiger partial charge in [0.05, 0.1) is 6.54 Å². The van der Waals surface area contributed by atoms with Crippen LogP contribution in [0.15, 0.2) is 53.7 Å². The van der Waals surface area contributed by atoms with Crippen LogP contribution >= 0.6 is 0 Å². The Morgan fingerprint density at radius 3 is 2.82 bits per heavy atom. The van der Waals surface area contributed by atoms with Gasteiger partial charge in [-0.3, -0.25) is 4.98 Å². The van der Waals surface area contributed by atoms with Gasteiger partial charge in [0.2, 0.25) is 0 Å². The van der Waals surface area contributed by atoms with Crippen LogP contribution in [-0.2, 0) is 13.0 Å². The van der Waals surface area contributed by atoms with Gasteiger partial charge >= 0.3 is 0 Å². The molecule has 0 aliphatic rings. The SMILES string of the molecule is CN(C)c1cccc(CN=C(N)NCCc2ccccn2)c1. The van der Waals surface area contributed by atoms with Gasteiger partial charge in [0, 0.05) is 44.6 Å². The molecular formula is C17H23N5. The van der Waals surface area contributed by atoms with Gasteiger partial charge in [0.1, 0.15) is 0 Å². The Labute approximate surface area is 131 Å². The first-order valence-corrected chi connectivity index (χ1v) is 7.35. The monoisotopic (exact) mass is 297 g/mol. The number of hydrogen-bond acceptors (Lipinski definition) is 3. The van der Waals surface area contributed by atoms with Crippen molar-refractivity contribution in [3.05, 3.63) is 59.9 Å². The van der Waals surface area contributed by atoms with Crippen LogP contribution < -0.4 is 16.0 Å². The Hall–Kier alpha value is -2.56. The van der Waals surface area contributed by atoms with Crippen LogP contribution in [0, 0.1) is 0 Å². The zero-order valence-electron chi connectivity index (χ0n) is 13.2. The molecule has 3 N–H and O–H groups in total. The van der Waals surface area contributed by atoms with E-state index in [1.807, 2.05) is 38.4 Å². The van der Waals surface area contributed by atoms with Crippen LogP contribution in [0.25, 0.3) is 0 Å². The Kier molecular flexibility index (Phi) is 5.77. The van der Waals surface area contributed by atoms with Crippen molar-refractivity contribution < 1.29 is 0 Å². The first-order valence-electron chi connectivity index (χ1n) is 7.35. The molecular weight excluding hydrogens is 274 g/mol. The fraction of sp³-hybridized carbons (Fsp3) is 0.294. The number of benzene rings is 1. The van der Waals surface area contributed by atoms with E-state index in [2.05, 4.69) is 38.4 Å². The third-order valence-corrected chi connectivity index (χ3v) is 3.27. The molecule has 1 aromatic carbocycles. The van der Waals surface area contributed by atoms with Crippen LogP contribution in [0.4, 0.5) is 5.69 Å². The molecule has 0 fully saturated rings. The molecule has 2 rings (SSSR count). The minimum absolute atomic E-state index is 0.464. The Morgan fingerprint density at radius 2 is 2.09 bits per heavy atom. The van der Waals surface area contributed by atoms with Crippen LogP contribution in [0.3, 0.4) is 0 Å². The summed E-state index contributed by atoms with van der Waals surface area (Å²) in [5.74, 6) is 0.464. The van der Waals surface area contributed by atoms with Crippen molar-refractivity contribution in [1.29, 1.82) is 0 Å². The molecule has 0 aliphatic heterocycles. The molecule has 116 valence electrons. The van der Waals surface area contributed by atoms with Crippen LogP contribution in [-0.4, -0.2) is 31.6 Å². The number of pyridine rings is 1. The van der Waals surface area contributed by atoms with E-state index in [-0.39, 0.29) is 0 Å². The number of aliphatic imine (C=N–C) groups is 1. The maximum atomic E-state index is 5.89. The topological polar surface area (TPSA) is 66.5 Å². The minimum Gasteiger partial charge on any atom is -0.378 e. The lowest BCUT2D eigenvalue weighted by Gasteiger charge is -2.13. The number of rotatable bonds is 6. The van der Waals surface area contributed by atoms with Crippen molar-refractivity contribution in [1.82, 2.24) is 10.3 Å². The van der Waals surface area contributed by atoms with E-state index in [1.165, 1.54) is 0 Å². The Balaban J connectivity index is 1.81. The first kappa shape index (κ1) is 15.8. The number of guanidine groups is 1. The van der Waals surface area contributed by atoms with Crippen molar-refractivity contribution in [2.24, 2.45) is 10.7 Å². The number of hydrogen-bond donors (Lipinski definition) is 2. The summed E-state index contributed by atoms with van der Waals surface area (Å²) in [5.41, 5.74) is 9.24. The molecule has 22 heavy (non-hydrogen) atoms. The Bertz CT molecular complexity index is 607. The van der Waals surface area contributed by atoms with E-state index in [0.29, 0.717) is 12.5 Å². The summed E-state index contributed by atoms with van der Waals surface area (Å²) in [6.45, 7) is 1.30. The van der Waals surface area contributed by atoms with Crippen molar-refractivity contribution >= 4 is 11.6 Å². The average molecular weight is 297 g/mol. The summed E-state index contributed by atoms with van der Waals surface area (Å²) in [6.07, 6.45) is 2.62. The molecule has 5 nitrogen and oxygen atoms in total. The number of anilines is 1. The highest BCUT2D eigenvalue weighted by Crippen LogP contribution is 2.13. The molecule has 1 aromatic heterocycles. The van der Waals surface area contributed by atoms with E-state index in [9.17, 15) is 0 Å². The summed E-state index contributed by atoms with van der Waals surface area (Å²) in [4.78, 5) is 10.7. The molecule has 0 amide bonds. The highest BCUT2D eigenvalue weighted by atomic mass is 15.1. The maximum Gasteiger partial charge on any atom is 0.188 e. The molecule has 0 aliphatic carbocycles. The highest BCUT2D eigenvalue weighted by molar-refractivity contribution is 5.77. The number of nitrogens with one attached hydrogen (secondary N) is 1. The molecule has 0 saturated carbocycles. The molecule has 1 heterocycles. The quantitative estimate of drug-likeness (QED) is 0.630. The lowest BCUT2D eigenvalue weighted by molar-refractivity contribution is 0.827.